The van der Waals surface area contributed by atoms with E-state index in [0.29, 0.717) is 13.2 Å². The smallest absolute Gasteiger partial charge is 0.223 e. The van der Waals surface area contributed by atoms with E-state index in [1.807, 2.05) is 0 Å². The van der Waals surface area contributed by atoms with Gasteiger partial charge in [-0.3, -0.25) is 0 Å². The summed E-state index contributed by atoms with van der Waals surface area (Å²) in [7, 11) is 0. The first-order valence-corrected chi connectivity index (χ1v) is 12.5. The van der Waals surface area contributed by atoms with Crippen molar-refractivity contribution in [3.8, 4) is 22.3 Å². The average molecular weight is 455 g/mol. The van der Waals surface area contributed by atoms with Crippen molar-refractivity contribution in [2.24, 2.45) is 5.41 Å². The SMILES string of the molecule is CC1(C)COC2(OC1)c1cccc3ccc4c(-c5ccccc5)c5c(c2c4c13)Cc1ccccc1-5. The van der Waals surface area contributed by atoms with Crippen molar-refractivity contribution in [3.05, 3.63) is 107 Å². The Kier molecular flexibility index (Phi) is 3.74. The number of fused-ring (bicyclic) bond motifs is 6. The third-order valence-electron chi connectivity index (χ3n) is 8.15. The lowest BCUT2D eigenvalue weighted by atomic mass is 9.84. The minimum absolute atomic E-state index is 0.0108. The molecule has 0 amide bonds. The Labute approximate surface area is 205 Å². The molecule has 5 aromatic rings. The Morgan fingerprint density at radius 1 is 0.686 bits per heavy atom. The molecule has 1 aliphatic heterocycles. The van der Waals surface area contributed by atoms with Gasteiger partial charge >= 0.3 is 0 Å². The number of rotatable bonds is 1. The topological polar surface area (TPSA) is 18.5 Å². The van der Waals surface area contributed by atoms with Crippen molar-refractivity contribution < 1.29 is 9.47 Å². The van der Waals surface area contributed by atoms with E-state index in [0.717, 1.165) is 12.0 Å². The van der Waals surface area contributed by atoms with Crippen LogP contribution in [0.3, 0.4) is 0 Å². The quantitative estimate of drug-likeness (QED) is 0.236. The van der Waals surface area contributed by atoms with Crippen LogP contribution in [0.25, 0.3) is 43.8 Å². The van der Waals surface area contributed by atoms with Crippen LogP contribution in [-0.4, -0.2) is 13.2 Å². The predicted molar refractivity (Wildman–Crippen MR) is 142 cm³/mol. The maximum atomic E-state index is 6.85. The van der Waals surface area contributed by atoms with Gasteiger partial charge in [-0.05, 0) is 61.3 Å². The van der Waals surface area contributed by atoms with Crippen LogP contribution in [-0.2, 0) is 21.7 Å². The van der Waals surface area contributed by atoms with Crippen LogP contribution in [0.1, 0.15) is 36.1 Å². The molecule has 3 aliphatic rings. The second-order valence-electron chi connectivity index (χ2n) is 11.1. The molecule has 1 fully saturated rings. The summed E-state index contributed by atoms with van der Waals surface area (Å²) in [5, 5.41) is 5.13. The molecule has 0 aromatic heterocycles. The molecule has 2 heteroatoms. The fourth-order valence-electron chi connectivity index (χ4n) is 6.65. The molecular formula is C33H26O2. The van der Waals surface area contributed by atoms with Crippen molar-refractivity contribution in [2.45, 2.75) is 26.1 Å². The molecule has 2 aliphatic carbocycles. The molecule has 0 bridgehead atoms. The predicted octanol–water partition coefficient (Wildman–Crippen LogP) is 7.82. The van der Waals surface area contributed by atoms with Crippen molar-refractivity contribution in [2.75, 3.05) is 13.2 Å². The molecule has 170 valence electrons. The highest BCUT2D eigenvalue weighted by molar-refractivity contribution is 6.21. The summed E-state index contributed by atoms with van der Waals surface area (Å²) in [6.45, 7) is 5.77. The van der Waals surface area contributed by atoms with Crippen LogP contribution in [0.5, 0.6) is 0 Å². The lowest BCUT2D eigenvalue weighted by molar-refractivity contribution is -0.282. The summed E-state index contributed by atoms with van der Waals surface area (Å²) in [5.41, 5.74) is 10.4. The van der Waals surface area contributed by atoms with Crippen LogP contribution >= 0.6 is 0 Å². The summed E-state index contributed by atoms with van der Waals surface area (Å²) in [6.07, 6.45) is 0.902. The van der Waals surface area contributed by atoms with E-state index in [1.165, 1.54) is 60.5 Å². The number of hydrogen-bond acceptors (Lipinski definition) is 2. The van der Waals surface area contributed by atoms with Gasteiger partial charge in [-0.25, -0.2) is 0 Å². The van der Waals surface area contributed by atoms with E-state index in [-0.39, 0.29) is 5.41 Å². The molecule has 5 aromatic carbocycles. The number of hydrogen-bond donors (Lipinski definition) is 0. The Hall–Kier alpha value is -3.46. The molecule has 0 saturated carbocycles. The molecule has 0 unspecified atom stereocenters. The second kappa shape index (κ2) is 6.60. The van der Waals surface area contributed by atoms with Crippen LogP contribution in [0, 0.1) is 5.41 Å². The highest BCUT2D eigenvalue weighted by Gasteiger charge is 2.51. The van der Waals surface area contributed by atoms with Gasteiger partial charge in [0.15, 0.2) is 0 Å². The molecule has 0 radical (unpaired) electrons. The van der Waals surface area contributed by atoms with Gasteiger partial charge in [-0.2, -0.15) is 0 Å². The first kappa shape index (κ1) is 19.8. The lowest BCUT2D eigenvalue weighted by Crippen LogP contribution is -2.45. The molecule has 2 nitrogen and oxygen atoms in total. The number of ether oxygens (including phenoxy) is 2. The van der Waals surface area contributed by atoms with E-state index >= 15 is 0 Å². The number of benzene rings is 5. The van der Waals surface area contributed by atoms with E-state index < -0.39 is 5.79 Å². The van der Waals surface area contributed by atoms with E-state index in [2.05, 4.69) is 98.8 Å². The van der Waals surface area contributed by atoms with Crippen molar-refractivity contribution in [1.29, 1.82) is 0 Å². The zero-order valence-electron chi connectivity index (χ0n) is 20.0. The van der Waals surface area contributed by atoms with Gasteiger partial charge in [-0.1, -0.05) is 98.8 Å². The van der Waals surface area contributed by atoms with Gasteiger partial charge in [0.2, 0.25) is 5.79 Å². The summed E-state index contributed by atoms with van der Waals surface area (Å²) < 4.78 is 13.7. The fourth-order valence-corrected chi connectivity index (χ4v) is 6.65. The van der Waals surface area contributed by atoms with Crippen LogP contribution in [0.2, 0.25) is 0 Å². The zero-order chi connectivity index (χ0) is 23.4. The van der Waals surface area contributed by atoms with Crippen molar-refractivity contribution in [3.63, 3.8) is 0 Å². The molecule has 1 heterocycles. The maximum absolute atomic E-state index is 6.85. The second-order valence-corrected chi connectivity index (χ2v) is 11.1. The normalized spacial score (nSPS) is 18.5. The Balaban J connectivity index is 1.57. The lowest BCUT2D eigenvalue weighted by Gasteiger charge is -2.43. The first-order valence-electron chi connectivity index (χ1n) is 12.5. The third-order valence-corrected chi connectivity index (χ3v) is 8.15. The molecule has 1 saturated heterocycles. The van der Waals surface area contributed by atoms with Gasteiger partial charge in [0.25, 0.3) is 0 Å². The molecule has 8 rings (SSSR count). The largest absolute Gasteiger partial charge is 0.341 e. The summed E-state index contributed by atoms with van der Waals surface area (Å²) in [4.78, 5) is 0. The highest BCUT2D eigenvalue weighted by atomic mass is 16.7. The Morgan fingerprint density at radius 2 is 1.46 bits per heavy atom. The highest BCUT2D eigenvalue weighted by Crippen LogP contribution is 2.59. The monoisotopic (exact) mass is 454 g/mol. The Morgan fingerprint density at radius 3 is 2.29 bits per heavy atom. The van der Waals surface area contributed by atoms with Gasteiger partial charge < -0.3 is 9.47 Å². The van der Waals surface area contributed by atoms with Gasteiger partial charge in [0, 0.05) is 16.5 Å². The standard InChI is InChI=1S/C33H26O2/c1-32(2)18-34-33(35-19-32)26-14-8-12-21-15-16-24-27(20-9-4-3-5-10-20)29-23-13-7-6-11-22(23)17-25(29)31(33)30(24)28(21)26/h3-16H,17-19H2,1-2H3. The molecule has 0 N–H and O–H groups in total. The van der Waals surface area contributed by atoms with Gasteiger partial charge in [0.05, 0.1) is 13.2 Å². The third kappa shape index (κ3) is 2.46. The maximum Gasteiger partial charge on any atom is 0.223 e. The van der Waals surface area contributed by atoms with Crippen LogP contribution in [0.15, 0.2) is 84.9 Å². The molecule has 1 spiro atoms. The fraction of sp³-hybridized carbons (Fsp3) is 0.212. The molecular weight excluding hydrogens is 428 g/mol. The Bertz CT molecular complexity index is 1680. The van der Waals surface area contributed by atoms with Crippen LogP contribution in [0.4, 0.5) is 0 Å². The zero-order valence-corrected chi connectivity index (χ0v) is 20.0. The average Bonchev–Trinajstić information content (AvgIpc) is 3.40. The summed E-state index contributed by atoms with van der Waals surface area (Å²) >= 11 is 0. The minimum atomic E-state index is -0.849. The van der Waals surface area contributed by atoms with Gasteiger partial charge in [-0.15, -0.1) is 0 Å². The van der Waals surface area contributed by atoms with E-state index in [4.69, 9.17) is 9.47 Å². The van der Waals surface area contributed by atoms with Crippen molar-refractivity contribution >= 4 is 21.5 Å². The minimum Gasteiger partial charge on any atom is -0.341 e. The van der Waals surface area contributed by atoms with E-state index in [1.54, 1.807) is 0 Å². The van der Waals surface area contributed by atoms with Crippen molar-refractivity contribution in [1.82, 2.24) is 0 Å². The van der Waals surface area contributed by atoms with Crippen LogP contribution < -0.4 is 0 Å². The van der Waals surface area contributed by atoms with E-state index in [9.17, 15) is 0 Å². The molecule has 35 heavy (non-hydrogen) atoms. The summed E-state index contributed by atoms with van der Waals surface area (Å²) in [5.74, 6) is -0.849. The van der Waals surface area contributed by atoms with Gasteiger partial charge in [0.1, 0.15) is 0 Å². The molecule has 0 atom stereocenters. The first-order chi connectivity index (χ1) is 17.1. The summed E-state index contributed by atoms with van der Waals surface area (Å²) in [6, 6.07) is 30.9.